The van der Waals surface area contributed by atoms with E-state index in [9.17, 15) is 22.8 Å². The van der Waals surface area contributed by atoms with Crippen LogP contribution in [-0.2, 0) is 0 Å². The Morgan fingerprint density at radius 1 is 0.857 bits per heavy atom. The Hall–Kier alpha value is -3.03. The van der Waals surface area contributed by atoms with Crippen LogP contribution in [0.4, 0.5) is 18.9 Å². The van der Waals surface area contributed by atoms with Gasteiger partial charge < -0.3 is 14.7 Å². The van der Waals surface area contributed by atoms with Crippen molar-refractivity contribution >= 4 is 17.5 Å². The van der Waals surface area contributed by atoms with Gasteiger partial charge in [-0.25, -0.2) is 13.2 Å². The number of anilines is 1. The van der Waals surface area contributed by atoms with Crippen LogP contribution in [-0.4, -0.2) is 61.9 Å². The maximum atomic E-state index is 13.9. The number of piperazine rings is 1. The summed E-state index contributed by atoms with van der Waals surface area (Å²) in [6.45, 7) is 0.886. The molecule has 8 heteroatoms. The van der Waals surface area contributed by atoms with Crippen LogP contribution in [0.15, 0.2) is 36.4 Å². The van der Waals surface area contributed by atoms with Gasteiger partial charge in [-0.05, 0) is 30.3 Å². The molecule has 1 heterocycles. The van der Waals surface area contributed by atoms with Crippen molar-refractivity contribution in [2.24, 2.45) is 0 Å². The molecule has 1 saturated heterocycles. The smallest absolute Gasteiger partial charge is 0.257 e. The molecular weight excluding hydrogens is 371 g/mol. The van der Waals surface area contributed by atoms with E-state index in [2.05, 4.69) is 0 Å². The average Bonchev–Trinajstić information content (AvgIpc) is 2.71. The van der Waals surface area contributed by atoms with Crippen molar-refractivity contribution in [3.63, 3.8) is 0 Å². The van der Waals surface area contributed by atoms with Gasteiger partial charge in [-0.15, -0.1) is 0 Å². The second-order valence-electron chi connectivity index (χ2n) is 6.75. The van der Waals surface area contributed by atoms with E-state index in [-0.39, 0.29) is 32.1 Å². The Kier molecular flexibility index (Phi) is 5.58. The lowest BCUT2D eigenvalue weighted by Gasteiger charge is -2.35. The highest BCUT2D eigenvalue weighted by Crippen LogP contribution is 2.19. The first-order valence-corrected chi connectivity index (χ1v) is 8.79. The zero-order valence-corrected chi connectivity index (χ0v) is 15.6. The van der Waals surface area contributed by atoms with E-state index in [4.69, 9.17) is 0 Å². The molecule has 0 bridgehead atoms. The third kappa shape index (κ3) is 3.81. The van der Waals surface area contributed by atoms with E-state index >= 15 is 0 Å². The fraction of sp³-hybridized carbons (Fsp3) is 0.300. The van der Waals surface area contributed by atoms with Gasteiger partial charge in [0.05, 0.1) is 5.56 Å². The minimum Gasteiger partial charge on any atom is -0.378 e. The molecule has 0 N–H and O–H groups in total. The van der Waals surface area contributed by atoms with Gasteiger partial charge in [0.15, 0.2) is 17.5 Å². The molecule has 0 spiro atoms. The standard InChI is InChI=1S/C20H20F3N3O2/c1-24(2)14-5-3-4-13(12-14)19(27)25-8-10-26(11-9-25)20(28)15-6-7-16(21)18(23)17(15)22/h3-7,12H,8-11H2,1-2H3. The van der Waals surface area contributed by atoms with Crippen LogP contribution in [0.5, 0.6) is 0 Å². The molecule has 2 aromatic rings. The molecule has 1 aliphatic rings. The zero-order valence-electron chi connectivity index (χ0n) is 15.6. The molecule has 0 radical (unpaired) electrons. The number of carbonyl (C=O) groups is 2. The van der Waals surface area contributed by atoms with Crippen molar-refractivity contribution in [2.75, 3.05) is 45.2 Å². The van der Waals surface area contributed by atoms with Crippen molar-refractivity contribution in [3.05, 3.63) is 65.0 Å². The maximum absolute atomic E-state index is 13.9. The second-order valence-corrected chi connectivity index (χ2v) is 6.75. The molecule has 28 heavy (non-hydrogen) atoms. The van der Waals surface area contributed by atoms with Gasteiger partial charge in [0.25, 0.3) is 11.8 Å². The van der Waals surface area contributed by atoms with Crippen molar-refractivity contribution in [3.8, 4) is 0 Å². The number of nitrogens with zero attached hydrogens (tertiary/aromatic N) is 3. The summed E-state index contributed by atoms with van der Waals surface area (Å²) in [4.78, 5) is 30.0. The molecular formula is C20H20F3N3O2. The highest BCUT2D eigenvalue weighted by atomic mass is 19.2. The summed E-state index contributed by atoms with van der Waals surface area (Å²) < 4.78 is 40.3. The normalized spacial score (nSPS) is 14.2. The number of hydrogen-bond acceptors (Lipinski definition) is 3. The van der Waals surface area contributed by atoms with Crippen molar-refractivity contribution in [1.29, 1.82) is 0 Å². The largest absolute Gasteiger partial charge is 0.378 e. The van der Waals surface area contributed by atoms with Crippen LogP contribution < -0.4 is 4.90 Å². The molecule has 148 valence electrons. The van der Waals surface area contributed by atoms with Crippen molar-refractivity contribution in [1.82, 2.24) is 9.80 Å². The third-order valence-electron chi connectivity index (χ3n) is 4.73. The number of benzene rings is 2. The van der Waals surface area contributed by atoms with E-state index in [1.165, 1.54) is 4.90 Å². The molecule has 2 amide bonds. The minimum absolute atomic E-state index is 0.158. The van der Waals surface area contributed by atoms with E-state index in [1.54, 1.807) is 23.1 Å². The van der Waals surface area contributed by atoms with Crippen molar-refractivity contribution in [2.45, 2.75) is 0 Å². The number of amides is 2. The highest BCUT2D eigenvalue weighted by molar-refractivity contribution is 5.96. The molecule has 0 unspecified atom stereocenters. The molecule has 3 rings (SSSR count). The van der Waals surface area contributed by atoms with Crippen molar-refractivity contribution < 1.29 is 22.8 Å². The van der Waals surface area contributed by atoms with Gasteiger partial charge in [-0.2, -0.15) is 0 Å². The lowest BCUT2D eigenvalue weighted by atomic mass is 10.1. The fourth-order valence-corrected chi connectivity index (χ4v) is 3.07. The summed E-state index contributed by atoms with van der Waals surface area (Å²) in [5.74, 6) is -5.39. The van der Waals surface area contributed by atoms with E-state index in [0.29, 0.717) is 5.56 Å². The Morgan fingerprint density at radius 2 is 1.46 bits per heavy atom. The predicted molar refractivity (Wildman–Crippen MR) is 98.9 cm³/mol. The van der Waals surface area contributed by atoms with Gasteiger partial charge in [0, 0.05) is 51.5 Å². The number of rotatable bonds is 3. The molecule has 2 aromatic carbocycles. The quantitative estimate of drug-likeness (QED) is 0.756. The Morgan fingerprint density at radius 3 is 2.07 bits per heavy atom. The summed E-state index contributed by atoms with van der Waals surface area (Å²) in [5.41, 5.74) is 0.920. The molecule has 0 saturated carbocycles. The monoisotopic (exact) mass is 391 g/mol. The SMILES string of the molecule is CN(C)c1cccc(C(=O)N2CCN(C(=O)c3ccc(F)c(F)c3F)CC2)c1. The van der Waals surface area contributed by atoms with E-state index in [0.717, 1.165) is 17.8 Å². The van der Waals surface area contributed by atoms with Crippen LogP contribution in [0, 0.1) is 17.5 Å². The van der Waals surface area contributed by atoms with Crippen LogP contribution in [0.25, 0.3) is 0 Å². The molecule has 5 nitrogen and oxygen atoms in total. The zero-order chi connectivity index (χ0) is 20.4. The number of carbonyl (C=O) groups excluding carboxylic acids is 2. The minimum atomic E-state index is -1.67. The van der Waals surface area contributed by atoms with Gasteiger partial charge in [0.1, 0.15) is 0 Å². The van der Waals surface area contributed by atoms with Gasteiger partial charge in [-0.3, -0.25) is 9.59 Å². The highest BCUT2D eigenvalue weighted by Gasteiger charge is 2.28. The third-order valence-corrected chi connectivity index (χ3v) is 4.73. The number of halogens is 3. The molecule has 0 aliphatic carbocycles. The predicted octanol–water partition coefficient (Wildman–Crippen LogP) is 2.77. The topological polar surface area (TPSA) is 43.9 Å². The molecule has 0 aromatic heterocycles. The first-order chi connectivity index (χ1) is 13.3. The van der Waals surface area contributed by atoms with Gasteiger partial charge in [0.2, 0.25) is 0 Å². The summed E-state index contributed by atoms with van der Waals surface area (Å²) in [5, 5.41) is 0. The second kappa shape index (κ2) is 7.92. The van der Waals surface area contributed by atoms with Crippen LogP contribution in [0.1, 0.15) is 20.7 Å². The van der Waals surface area contributed by atoms with Gasteiger partial charge in [-0.1, -0.05) is 6.07 Å². The first-order valence-electron chi connectivity index (χ1n) is 8.79. The maximum Gasteiger partial charge on any atom is 0.257 e. The Bertz CT molecular complexity index is 910. The van der Waals surface area contributed by atoms with Gasteiger partial charge >= 0.3 is 0 Å². The molecule has 1 fully saturated rings. The van der Waals surface area contributed by atoms with E-state index < -0.39 is 28.9 Å². The lowest BCUT2D eigenvalue weighted by molar-refractivity contribution is 0.0532. The first kappa shape index (κ1) is 19.7. The molecule has 0 atom stereocenters. The Balaban J connectivity index is 1.67. The van der Waals surface area contributed by atoms with Crippen LogP contribution >= 0.6 is 0 Å². The summed E-state index contributed by atoms with van der Waals surface area (Å²) in [6.07, 6.45) is 0. The van der Waals surface area contributed by atoms with Crippen LogP contribution in [0.3, 0.4) is 0 Å². The summed E-state index contributed by atoms with van der Waals surface area (Å²) >= 11 is 0. The number of hydrogen-bond donors (Lipinski definition) is 0. The average molecular weight is 391 g/mol. The fourth-order valence-electron chi connectivity index (χ4n) is 3.07. The Labute approximate surface area is 161 Å². The van der Waals surface area contributed by atoms with E-state index in [1.807, 2.05) is 25.1 Å². The van der Waals surface area contributed by atoms with Crippen LogP contribution in [0.2, 0.25) is 0 Å². The lowest BCUT2D eigenvalue weighted by Crippen LogP contribution is -2.50. The summed E-state index contributed by atoms with van der Waals surface area (Å²) in [6, 6.07) is 8.86. The molecule has 1 aliphatic heterocycles. The summed E-state index contributed by atoms with van der Waals surface area (Å²) in [7, 11) is 3.76.